The molecule has 2 aromatic rings. The summed E-state index contributed by atoms with van der Waals surface area (Å²) in [5.74, 6) is -0.0998. The van der Waals surface area contributed by atoms with Crippen molar-refractivity contribution in [2.45, 2.75) is 44.9 Å². The van der Waals surface area contributed by atoms with Gasteiger partial charge in [0.05, 0.1) is 6.04 Å². The van der Waals surface area contributed by atoms with Crippen LogP contribution >= 0.6 is 11.3 Å². The van der Waals surface area contributed by atoms with Crippen LogP contribution in [-0.4, -0.2) is 46.4 Å². The second kappa shape index (κ2) is 7.84. The number of hydrogen-bond acceptors (Lipinski definition) is 4. The van der Waals surface area contributed by atoms with E-state index in [1.165, 1.54) is 5.56 Å². The molecule has 2 aromatic heterocycles. The van der Waals surface area contributed by atoms with Gasteiger partial charge in [0.2, 0.25) is 5.91 Å². The van der Waals surface area contributed by atoms with Crippen LogP contribution < -0.4 is 10.6 Å². The van der Waals surface area contributed by atoms with E-state index >= 15 is 0 Å². The average Bonchev–Trinajstić information content (AvgIpc) is 3.28. The first-order valence-corrected chi connectivity index (χ1v) is 9.47. The number of aromatic nitrogens is 1. The van der Waals surface area contributed by atoms with Crippen molar-refractivity contribution in [1.82, 2.24) is 20.5 Å². The van der Waals surface area contributed by atoms with Crippen molar-refractivity contribution >= 4 is 23.2 Å². The highest BCUT2D eigenvalue weighted by Crippen LogP contribution is 2.22. The van der Waals surface area contributed by atoms with E-state index in [9.17, 15) is 9.59 Å². The molecule has 1 fully saturated rings. The van der Waals surface area contributed by atoms with E-state index < -0.39 is 0 Å². The number of nitrogens with zero attached hydrogens (tertiary/aromatic N) is 1. The summed E-state index contributed by atoms with van der Waals surface area (Å²) in [5, 5.41) is 10.2. The molecule has 6 nitrogen and oxygen atoms in total. The minimum Gasteiger partial charge on any atom is -0.357 e. The van der Waals surface area contributed by atoms with Gasteiger partial charge in [-0.3, -0.25) is 14.5 Å². The third-order valence-electron chi connectivity index (χ3n) is 4.28. The van der Waals surface area contributed by atoms with Gasteiger partial charge in [-0.2, -0.15) is 11.3 Å². The third kappa shape index (κ3) is 4.49. The summed E-state index contributed by atoms with van der Waals surface area (Å²) in [4.78, 5) is 29.9. The summed E-state index contributed by atoms with van der Waals surface area (Å²) in [5.41, 5.74) is 1.74. The lowest BCUT2D eigenvalue weighted by atomic mass is 10.1. The Morgan fingerprint density at radius 1 is 1.40 bits per heavy atom. The molecule has 1 saturated heterocycles. The Balaban J connectivity index is 1.68. The van der Waals surface area contributed by atoms with Crippen LogP contribution in [0.2, 0.25) is 0 Å². The van der Waals surface area contributed by atoms with Crippen LogP contribution in [0.3, 0.4) is 0 Å². The van der Waals surface area contributed by atoms with Crippen molar-refractivity contribution in [3.05, 3.63) is 46.4 Å². The molecule has 0 aliphatic carbocycles. The first-order valence-electron chi connectivity index (χ1n) is 8.52. The summed E-state index contributed by atoms with van der Waals surface area (Å²) >= 11 is 1.65. The highest BCUT2D eigenvalue weighted by atomic mass is 32.1. The number of rotatable bonds is 6. The van der Waals surface area contributed by atoms with Crippen molar-refractivity contribution in [3.63, 3.8) is 0 Å². The lowest BCUT2D eigenvalue weighted by Crippen LogP contribution is -2.45. The van der Waals surface area contributed by atoms with Gasteiger partial charge in [-0.25, -0.2) is 0 Å². The molecular weight excluding hydrogens is 336 g/mol. The van der Waals surface area contributed by atoms with Gasteiger partial charge in [-0.05, 0) is 54.8 Å². The lowest BCUT2D eigenvalue weighted by Gasteiger charge is -2.23. The number of hydrogen-bond donors (Lipinski definition) is 3. The molecule has 0 spiro atoms. The van der Waals surface area contributed by atoms with Crippen molar-refractivity contribution < 1.29 is 9.59 Å². The molecule has 0 aromatic carbocycles. The van der Waals surface area contributed by atoms with Crippen LogP contribution in [0.4, 0.5) is 0 Å². The highest BCUT2D eigenvalue weighted by Gasteiger charge is 2.37. The van der Waals surface area contributed by atoms with Crippen molar-refractivity contribution in [3.8, 4) is 0 Å². The predicted molar refractivity (Wildman–Crippen MR) is 98.5 cm³/mol. The third-order valence-corrected chi connectivity index (χ3v) is 5.01. The maximum absolute atomic E-state index is 12.6. The van der Waals surface area contributed by atoms with Crippen LogP contribution in [0, 0.1) is 0 Å². The van der Waals surface area contributed by atoms with Gasteiger partial charge in [-0.1, -0.05) is 0 Å². The van der Waals surface area contributed by atoms with Gasteiger partial charge in [0.15, 0.2) is 0 Å². The molecule has 2 atom stereocenters. The summed E-state index contributed by atoms with van der Waals surface area (Å²) < 4.78 is 0. The molecule has 3 heterocycles. The van der Waals surface area contributed by atoms with Crippen LogP contribution in [0.25, 0.3) is 0 Å². The van der Waals surface area contributed by atoms with E-state index in [1.54, 1.807) is 29.7 Å². The van der Waals surface area contributed by atoms with E-state index in [0.29, 0.717) is 25.2 Å². The topological polar surface area (TPSA) is 77.2 Å². The summed E-state index contributed by atoms with van der Waals surface area (Å²) in [6.45, 7) is 5.30. The van der Waals surface area contributed by atoms with E-state index in [0.717, 1.165) is 0 Å². The maximum atomic E-state index is 12.6. The fourth-order valence-electron chi connectivity index (χ4n) is 3.19. The fourth-order valence-corrected chi connectivity index (χ4v) is 3.85. The smallest absolute Gasteiger partial charge is 0.267 e. The monoisotopic (exact) mass is 360 g/mol. The van der Waals surface area contributed by atoms with E-state index in [1.807, 2.05) is 19.2 Å². The van der Waals surface area contributed by atoms with Gasteiger partial charge in [0.25, 0.3) is 5.91 Å². The number of carbonyl (C=O) groups is 2. The molecule has 3 rings (SSSR count). The molecule has 7 heteroatoms. The Labute approximate surface area is 151 Å². The maximum Gasteiger partial charge on any atom is 0.267 e. The Bertz CT molecular complexity index is 697. The summed E-state index contributed by atoms with van der Waals surface area (Å²) in [6.07, 6.45) is 2.35. The lowest BCUT2D eigenvalue weighted by molar-refractivity contribution is -0.126. The van der Waals surface area contributed by atoms with Crippen LogP contribution in [0.5, 0.6) is 0 Å². The van der Waals surface area contributed by atoms with E-state index in [2.05, 4.69) is 32.0 Å². The second-order valence-electron chi connectivity index (χ2n) is 6.73. The molecule has 2 amide bonds. The summed E-state index contributed by atoms with van der Waals surface area (Å²) in [7, 11) is 0. The molecule has 0 unspecified atom stereocenters. The zero-order chi connectivity index (χ0) is 17.8. The minimum absolute atomic E-state index is 0.0295. The Kier molecular flexibility index (Phi) is 5.55. The number of H-pyrrole nitrogens is 1. The molecular formula is C18H24N4O2S. The largest absolute Gasteiger partial charge is 0.357 e. The van der Waals surface area contributed by atoms with E-state index in [4.69, 9.17) is 0 Å². The van der Waals surface area contributed by atoms with E-state index in [-0.39, 0.29) is 29.9 Å². The first-order chi connectivity index (χ1) is 12.0. The summed E-state index contributed by atoms with van der Waals surface area (Å²) in [6, 6.07) is 5.45. The second-order valence-corrected chi connectivity index (χ2v) is 7.51. The first kappa shape index (κ1) is 17.7. The average molecular weight is 360 g/mol. The van der Waals surface area contributed by atoms with Crippen molar-refractivity contribution in [2.75, 3.05) is 6.54 Å². The molecule has 3 N–H and O–H groups in total. The molecule has 1 aliphatic rings. The number of likely N-dealkylation sites (tertiary alicyclic amines) is 1. The molecule has 0 bridgehead atoms. The number of thiophene rings is 1. The van der Waals surface area contributed by atoms with Crippen LogP contribution in [-0.2, 0) is 11.3 Å². The predicted octanol–water partition coefficient (Wildman–Crippen LogP) is 1.97. The van der Waals surface area contributed by atoms with Crippen LogP contribution in [0.1, 0.15) is 36.3 Å². The van der Waals surface area contributed by atoms with Gasteiger partial charge >= 0.3 is 0 Å². The zero-order valence-electron chi connectivity index (χ0n) is 14.5. The highest BCUT2D eigenvalue weighted by molar-refractivity contribution is 7.07. The van der Waals surface area contributed by atoms with Crippen molar-refractivity contribution in [1.29, 1.82) is 0 Å². The van der Waals surface area contributed by atoms with Gasteiger partial charge in [0, 0.05) is 31.4 Å². The zero-order valence-corrected chi connectivity index (χ0v) is 15.3. The fraction of sp³-hybridized carbons (Fsp3) is 0.444. The van der Waals surface area contributed by atoms with Gasteiger partial charge < -0.3 is 15.6 Å². The quantitative estimate of drug-likeness (QED) is 0.737. The number of aromatic amines is 1. The Hall–Kier alpha value is -2.12. The Morgan fingerprint density at radius 2 is 2.24 bits per heavy atom. The Morgan fingerprint density at radius 3 is 2.88 bits per heavy atom. The van der Waals surface area contributed by atoms with Crippen LogP contribution in [0.15, 0.2) is 35.2 Å². The van der Waals surface area contributed by atoms with Gasteiger partial charge in [0.1, 0.15) is 5.69 Å². The molecule has 0 radical (unpaired) electrons. The number of carbonyl (C=O) groups excluding carboxylic acids is 2. The SMILES string of the molecule is CC(C)NC(=O)[C@@H]1C[C@@H](NC(=O)c2ccc[nH]2)CN1Cc1ccsc1. The standard InChI is InChI=1S/C18H24N4O2S/c1-12(2)20-18(24)16-8-14(21-17(23)15-4-3-6-19-15)10-22(16)9-13-5-7-25-11-13/h3-7,11-12,14,16,19H,8-10H2,1-2H3,(H,20,24)(H,21,23)/t14-,16+/m1/s1. The number of amides is 2. The molecule has 0 saturated carbocycles. The van der Waals surface area contributed by atoms with Crippen molar-refractivity contribution in [2.24, 2.45) is 0 Å². The minimum atomic E-state index is -0.226. The molecule has 1 aliphatic heterocycles. The van der Waals surface area contributed by atoms with Gasteiger partial charge in [-0.15, -0.1) is 0 Å². The normalized spacial score (nSPS) is 20.8. The molecule has 25 heavy (non-hydrogen) atoms. The molecule has 134 valence electrons. The number of nitrogens with one attached hydrogen (secondary N) is 3.